The third kappa shape index (κ3) is 3.79. The Morgan fingerprint density at radius 3 is 2.56 bits per heavy atom. The van der Waals surface area contributed by atoms with Gasteiger partial charge in [-0.25, -0.2) is 4.98 Å². The first-order chi connectivity index (χ1) is 15.8. The largest absolute Gasteiger partial charge is 0.372 e. The molecule has 0 aliphatic carbocycles. The Morgan fingerprint density at radius 1 is 0.844 bits per heavy atom. The van der Waals surface area contributed by atoms with Crippen LogP contribution in [0.25, 0.3) is 11.3 Å². The number of benzene rings is 1. The Morgan fingerprint density at radius 2 is 1.69 bits per heavy atom. The van der Waals surface area contributed by atoms with Gasteiger partial charge in [-0.05, 0) is 56.8 Å². The molecule has 0 bridgehead atoms. The molecule has 1 atom stereocenters. The molecule has 0 radical (unpaired) electrons. The van der Waals surface area contributed by atoms with Gasteiger partial charge in [-0.3, -0.25) is 9.98 Å². The van der Waals surface area contributed by atoms with E-state index in [9.17, 15) is 0 Å². The fourth-order valence-electron chi connectivity index (χ4n) is 5.96. The van der Waals surface area contributed by atoms with Gasteiger partial charge in [-0.1, -0.05) is 18.6 Å². The number of pyridine rings is 1. The minimum Gasteiger partial charge on any atom is -0.372 e. The maximum atomic E-state index is 5.21. The predicted octanol–water partition coefficient (Wildman–Crippen LogP) is 2.57. The summed E-state index contributed by atoms with van der Waals surface area (Å²) in [6.07, 6.45) is 7.78. The summed E-state index contributed by atoms with van der Waals surface area (Å²) in [4.78, 5) is 19.9. The number of hydrogen-bond acceptors (Lipinski definition) is 6. The molecule has 3 fully saturated rings. The number of fused-ring (bicyclic) bond motifs is 1. The molecule has 5 heterocycles. The van der Waals surface area contributed by atoms with Gasteiger partial charge in [0.2, 0.25) is 0 Å². The van der Waals surface area contributed by atoms with E-state index in [1.807, 2.05) is 0 Å². The van der Waals surface area contributed by atoms with Gasteiger partial charge in [0.1, 0.15) is 5.36 Å². The van der Waals surface area contributed by atoms with Gasteiger partial charge in [-0.15, -0.1) is 0 Å². The Balaban J connectivity index is 1.34. The van der Waals surface area contributed by atoms with Gasteiger partial charge in [0.05, 0.1) is 24.1 Å². The summed E-state index contributed by atoms with van der Waals surface area (Å²) in [5.41, 5.74) is 3.89. The van der Waals surface area contributed by atoms with E-state index >= 15 is 0 Å². The van der Waals surface area contributed by atoms with E-state index in [2.05, 4.69) is 45.4 Å². The number of hydrogen-bond donors (Lipinski definition) is 1. The molecule has 2 aromatic rings. The zero-order valence-corrected chi connectivity index (χ0v) is 19.0. The van der Waals surface area contributed by atoms with Crippen LogP contribution in [0.3, 0.4) is 0 Å². The van der Waals surface area contributed by atoms with Crippen LogP contribution in [0.2, 0.25) is 0 Å². The summed E-state index contributed by atoms with van der Waals surface area (Å²) in [5, 5.41) is 5.71. The molecule has 1 aromatic carbocycles. The second-order valence-electron chi connectivity index (χ2n) is 10.0. The molecule has 1 aromatic heterocycles. The summed E-state index contributed by atoms with van der Waals surface area (Å²) in [5.74, 6) is 1.05. The highest BCUT2D eigenvalue weighted by atomic mass is 15.2. The van der Waals surface area contributed by atoms with Crippen LogP contribution in [-0.4, -0.2) is 57.3 Å². The summed E-state index contributed by atoms with van der Waals surface area (Å²) in [6, 6.07) is 11.1. The maximum absolute atomic E-state index is 5.21. The lowest BCUT2D eigenvalue weighted by atomic mass is 9.83. The van der Waals surface area contributed by atoms with E-state index in [0.29, 0.717) is 5.41 Å². The third-order valence-corrected chi connectivity index (χ3v) is 7.79. The van der Waals surface area contributed by atoms with E-state index < -0.39 is 0 Å². The SMILES string of the molecule is c1cc(N2CCCC2)ccc1-c1cc2c(c(N3CCC4(CCCCNC4)C3)n1)=NCCN=2. The van der Waals surface area contributed by atoms with Crippen LogP contribution >= 0.6 is 0 Å². The number of nitrogens with zero attached hydrogens (tertiary/aromatic N) is 5. The zero-order chi connectivity index (χ0) is 21.4. The lowest BCUT2D eigenvalue weighted by Gasteiger charge is -2.28. The van der Waals surface area contributed by atoms with Crippen molar-refractivity contribution >= 4 is 11.5 Å². The number of anilines is 2. The van der Waals surface area contributed by atoms with E-state index in [1.165, 1.54) is 62.9 Å². The molecule has 6 rings (SSSR count). The van der Waals surface area contributed by atoms with Crippen molar-refractivity contribution in [1.29, 1.82) is 0 Å². The molecule has 4 aliphatic rings. The molecule has 168 valence electrons. The lowest BCUT2D eigenvalue weighted by Crippen LogP contribution is -2.40. The van der Waals surface area contributed by atoms with Gasteiger partial charge >= 0.3 is 0 Å². The monoisotopic (exact) mass is 430 g/mol. The number of aromatic nitrogens is 1. The fourth-order valence-corrected chi connectivity index (χ4v) is 5.96. The highest BCUT2D eigenvalue weighted by Gasteiger charge is 2.39. The second kappa shape index (κ2) is 8.47. The van der Waals surface area contributed by atoms with Crippen molar-refractivity contribution in [2.75, 3.05) is 62.2 Å². The van der Waals surface area contributed by atoms with Crippen molar-refractivity contribution in [3.8, 4) is 11.3 Å². The van der Waals surface area contributed by atoms with Crippen LogP contribution in [0.5, 0.6) is 0 Å². The quantitative estimate of drug-likeness (QED) is 0.813. The van der Waals surface area contributed by atoms with Crippen LogP contribution in [0, 0.1) is 5.41 Å². The van der Waals surface area contributed by atoms with Crippen molar-refractivity contribution < 1.29 is 0 Å². The highest BCUT2D eigenvalue weighted by Crippen LogP contribution is 2.37. The molecule has 1 N–H and O–H groups in total. The lowest BCUT2D eigenvalue weighted by molar-refractivity contribution is 0.300. The average Bonchev–Trinajstić information content (AvgIpc) is 3.46. The third-order valence-electron chi connectivity index (χ3n) is 7.79. The van der Waals surface area contributed by atoms with Crippen LogP contribution in [0.15, 0.2) is 40.3 Å². The Kier molecular flexibility index (Phi) is 5.34. The molecule has 32 heavy (non-hydrogen) atoms. The van der Waals surface area contributed by atoms with Crippen molar-refractivity contribution in [1.82, 2.24) is 10.3 Å². The molecule has 1 unspecified atom stereocenters. The van der Waals surface area contributed by atoms with Crippen LogP contribution in [0.4, 0.5) is 11.5 Å². The first kappa shape index (κ1) is 20.2. The molecule has 3 saturated heterocycles. The first-order valence-electron chi connectivity index (χ1n) is 12.5. The van der Waals surface area contributed by atoms with Gasteiger partial charge in [-0.2, -0.15) is 0 Å². The van der Waals surface area contributed by atoms with E-state index in [0.717, 1.165) is 61.5 Å². The Labute approximate surface area is 190 Å². The summed E-state index contributed by atoms with van der Waals surface area (Å²) in [6.45, 7) is 8.32. The molecule has 4 aliphatic heterocycles. The normalized spacial score (nSPS) is 25.4. The van der Waals surface area contributed by atoms with E-state index in [1.54, 1.807) is 0 Å². The molecule has 0 amide bonds. The summed E-state index contributed by atoms with van der Waals surface area (Å²) < 4.78 is 0. The van der Waals surface area contributed by atoms with Crippen molar-refractivity contribution in [3.63, 3.8) is 0 Å². The standard InChI is InChI=1S/C26H34N6/c1-2-11-27-18-26(9-1)10-16-32(19-26)25-24-23(28-12-13-29-24)17-22(30-25)20-5-7-21(8-6-20)31-14-3-4-15-31/h5-8,17,27H,1-4,9-16,18-19H2. The molecular formula is C26H34N6. The van der Waals surface area contributed by atoms with Gasteiger partial charge < -0.3 is 15.1 Å². The molecule has 6 heteroatoms. The van der Waals surface area contributed by atoms with Crippen molar-refractivity contribution in [2.24, 2.45) is 15.4 Å². The van der Waals surface area contributed by atoms with Gasteiger partial charge in [0.25, 0.3) is 0 Å². The smallest absolute Gasteiger partial charge is 0.157 e. The van der Waals surface area contributed by atoms with Crippen molar-refractivity contribution in [2.45, 2.75) is 38.5 Å². The Hall–Kier alpha value is -2.47. The topological polar surface area (TPSA) is 56.1 Å². The highest BCUT2D eigenvalue weighted by molar-refractivity contribution is 5.65. The second-order valence-corrected chi connectivity index (χ2v) is 10.0. The number of nitrogens with one attached hydrogen (secondary N) is 1. The maximum Gasteiger partial charge on any atom is 0.157 e. The summed E-state index contributed by atoms with van der Waals surface area (Å²) in [7, 11) is 0. The Bertz CT molecular complexity index is 1080. The minimum absolute atomic E-state index is 0.379. The summed E-state index contributed by atoms with van der Waals surface area (Å²) >= 11 is 0. The first-order valence-corrected chi connectivity index (χ1v) is 12.5. The molecule has 6 nitrogen and oxygen atoms in total. The minimum atomic E-state index is 0.379. The fraction of sp³-hybridized carbons (Fsp3) is 0.577. The van der Waals surface area contributed by atoms with Crippen LogP contribution in [-0.2, 0) is 0 Å². The van der Waals surface area contributed by atoms with Crippen LogP contribution in [0.1, 0.15) is 38.5 Å². The predicted molar refractivity (Wildman–Crippen MR) is 129 cm³/mol. The number of rotatable bonds is 3. The van der Waals surface area contributed by atoms with E-state index in [-0.39, 0.29) is 0 Å². The van der Waals surface area contributed by atoms with Crippen LogP contribution < -0.4 is 25.8 Å². The average molecular weight is 431 g/mol. The molecular weight excluding hydrogens is 396 g/mol. The zero-order valence-electron chi connectivity index (χ0n) is 19.0. The van der Waals surface area contributed by atoms with Gasteiger partial charge in [0.15, 0.2) is 5.82 Å². The van der Waals surface area contributed by atoms with Crippen molar-refractivity contribution in [3.05, 3.63) is 41.0 Å². The molecule has 1 spiro atoms. The van der Waals surface area contributed by atoms with E-state index in [4.69, 9.17) is 15.0 Å². The molecule has 0 saturated carbocycles. The van der Waals surface area contributed by atoms with Gasteiger partial charge in [0, 0.05) is 49.4 Å².